The Hall–Kier alpha value is -2.94. The molecule has 0 heterocycles. The Bertz CT molecular complexity index is 1540. The van der Waals surface area contributed by atoms with Crippen molar-refractivity contribution in [2.75, 3.05) is 6.61 Å². The third-order valence-corrected chi connectivity index (χ3v) is 14.6. The predicted molar refractivity (Wildman–Crippen MR) is 179 cm³/mol. The lowest BCUT2D eigenvalue weighted by molar-refractivity contribution is -0.177. The van der Waals surface area contributed by atoms with E-state index in [4.69, 9.17) is 14.7 Å². The Kier molecular flexibility index (Phi) is 7.93. The Morgan fingerprint density at radius 1 is 1.02 bits per heavy atom. The normalized spacial score (nSPS) is 42.0. The van der Waals surface area contributed by atoms with Crippen LogP contribution in [0.3, 0.4) is 0 Å². The molecule has 0 saturated heterocycles. The largest absolute Gasteiger partial charge is 0.466 e. The summed E-state index contributed by atoms with van der Waals surface area (Å²) in [5.74, 6) is 0.709. The van der Waals surface area contributed by atoms with Gasteiger partial charge in [-0.3, -0.25) is 9.59 Å². The van der Waals surface area contributed by atoms with Crippen molar-refractivity contribution in [3.8, 4) is 6.07 Å². The predicted octanol–water partition coefficient (Wildman–Crippen LogP) is 8.97. The molecule has 0 spiro atoms. The number of esters is 1. The average molecular weight is 627 g/mol. The molecule has 1 aromatic carbocycles. The van der Waals surface area contributed by atoms with Gasteiger partial charge in [-0.05, 0) is 129 Å². The molecule has 0 N–H and O–H groups in total. The number of benzene rings is 1. The zero-order chi connectivity index (χ0) is 33.3. The Morgan fingerprint density at radius 2 is 1.76 bits per heavy atom. The molecule has 4 saturated carbocycles. The lowest BCUT2D eigenvalue weighted by atomic mass is 9.33. The van der Waals surface area contributed by atoms with Crippen LogP contribution in [0.5, 0.6) is 0 Å². The van der Waals surface area contributed by atoms with Crippen LogP contribution in [0.4, 0.5) is 0 Å². The number of carbonyl (C=O) groups is 2. The number of ketones is 1. The first-order chi connectivity index (χ1) is 21.6. The highest BCUT2D eigenvalue weighted by atomic mass is 16.6. The van der Waals surface area contributed by atoms with E-state index < -0.39 is 5.41 Å². The highest BCUT2D eigenvalue weighted by Gasteiger charge is 2.70. The second kappa shape index (κ2) is 11.1. The first-order valence-electron chi connectivity index (χ1n) is 17.7. The van der Waals surface area contributed by atoms with Gasteiger partial charge in [0.15, 0.2) is 5.78 Å². The molecule has 6 heteroatoms. The van der Waals surface area contributed by atoms with E-state index in [9.17, 15) is 14.9 Å². The summed E-state index contributed by atoms with van der Waals surface area (Å²) in [6, 6.07) is 9.67. The van der Waals surface area contributed by atoms with E-state index in [1.165, 1.54) is 5.57 Å². The topological polar surface area (TPSA) is 88.8 Å². The fraction of sp³-hybridized carbons (Fsp3) is 0.700. The van der Waals surface area contributed by atoms with Gasteiger partial charge in [-0.25, -0.2) is 0 Å². The van der Waals surface area contributed by atoms with Crippen LogP contribution >= 0.6 is 0 Å². The molecular formula is C40H54N2O4. The lowest BCUT2D eigenvalue weighted by Gasteiger charge is -2.70. The van der Waals surface area contributed by atoms with E-state index in [0.717, 1.165) is 69.1 Å². The smallest absolute Gasteiger partial charge is 0.311 e. The van der Waals surface area contributed by atoms with Crippen molar-refractivity contribution in [3.63, 3.8) is 0 Å². The third kappa shape index (κ3) is 4.73. The van der Waals surface area contributed by atoms with Gasteiger partial charge in [0.2, 0.25) is 0 Å². The highest BCUT2D eigenvalue weighted by molar-refractivity contribution is 5.97. The van der Waals surface area contributed by atoms with Crippen molar-refractivity contribution in [2.45, 2.75) is 120 Å². The van der Waals surface area contributed by atoms with Crippen molar-refractivity contribution >= 4 is 17.5 Å². The molecule has 0 aliphatic heterocycles. The number of rotatable bonds is 5. The van der Waals surface area contributed by atoms with Gasteiger partial charge in [0.25, 0.3) is 0 Å². The van der Waals surface area contributed by atoms with Crippen LogP contribution in [0.15, 0.2) is 41.1 Å². The third-order valence-electron chi connectivity index (χ3n) is 14.6. The molecular weight excluding hydrogens is 572 g/mol. The Balaban J connectivity index is 1.30. The second-order valence-electron chi connectivity index (χ2n) is 17.3. The van der Waals surface area contributed by atoms with Crippen LogP contribution in [0.2, 0.25) is 0 Å². The Morgan fingerprint density at radius 3 is 2.48 bits per heavy atom. The number of carbonyl (C=O) groups excluding carboxylic acids is 2. The molecule has 5 aliphatic carbocycles. The summed E-state index contributed by atoms with van der Waals surface area (Å²) < 4.78 is 5.59. The summed E-state index contributed by atoms with van der Waals surface area (Å²) in [6.45, 7) is 19.0. The van der Waals surface area contributed by atoms with Crippen LogP contribution < -0.4 is 0 Å². The van der Waals surface area contributed by atoms with E-state index in [1.807, 2.05) is 25.1 Å². The molecule has 0 bridgehead atoms. The maximum absolute atomic E-state index is 14.7. The van der Waals surface area contributed by atoms with Gasteiger partial charge in [0, 0.05) is 11.3 Å². The molecule has 0 unspecified atom stereocenters. The molecule has 0 radical (unpaired) electrons. The zero-order valence-electron chi connectivity index (χ0n) is 29.4. The molecule has 6 rings (SSSR count). The van der Waals surface area contributed by atoms with Gasteiger partial charge in [-0.2, -0.15) is 5.26 Å². The molecule has 46 heavy (non-hydrogen) atoms. The molecule has 0 aromatic heterocycles. The summed E-state index contributed by atoms with van der Waals surface area (Å²) in [5.41, 5.74) is 2.97. The zero-order valence-corrected chi connectivity index (χ0v) is 29.4. The van der Waals surface area contributed by atoms with Crippen LogP contribution in [-0.4, -0.2) is 24.1 Å². The highest BCUT2D eigenvalue weighted by Crippen LogP contribution is 2.75. The molecule has 5 aliphatic rings. The lowest BCUT2D eigenvalue weighted by Crippen LogP contribution is -2.66. The summed E-state index contributed by atoms with van der Waals surface area (Å²) in [7, 11) is 0. The first kappa shape index (κ1) is 33.0. The van der Waals surface area contributed by atoms with Gasteiger partial charge < -0.3 is 9.57 Å². The minimum atomic E-state index is -0.507. The van der Waals surface area contributed by atoms with Crippen molar-refractivity contribution in [1.29, 1.82) is 5.26 Å². The number of hydrogen-bond donors (Lipinski definition) is 0. The SMILES string of the molecule is CCOC(=O)[C@@]1(C)CC[C@]2(C)CC[C@]3(C)C(=CC(=O)[C@@H]4[C@@]5(C)CC/C(=N\OCc6cccc(C#N)c6)C(C)(C)[C@@H]5CC[C@]43C)[C@@H]2C1. The van der Waals surface area contributed by atoms with Crippen molar-refractivity contribution in [3.05, 3.63) is 47.0 Å². The number of nitrogens with zero attached hydrogens (tertiary/aromatic N) is 2. The fourth-order valence-corrected chi connectivity index (χ4v) is 11.6. The second-order valence-corrected chi connectivity index (χ2v) is 17.3. The molecule has 1 aromatic rings. The van der Waals surface area contributed by atoms with Gasteiger partial charge >= 0.3 is 5.97 Å². The molecule has 4 fully saturated rings. The number of hydrogen-bond acceptors (Lipinski definition) is 6. The minimum Gasteiger partial charge on any atom is -0.466 e. The quantitative estimate of drug-likeness (QED) is 0.240. The summed E-state index contributed by atoms with van der Waals surface area (Å²) in [4.78, 5) is 33.8. The van der Waals surface area contributed by atoms with Crippen LogP contribution in [0.25, 0.3) is 0 Å². The molecule has 8 atom stereocenters. The monoisotopic (exact) mass is 626 g/mol. The number of oxime groups is 1. The maximum atomic E-state index is 14.7. The van der Waals surface area contributed by atoms with Crippen LogP contribution in [-0.2, 0) is 25.8 Å². The van der Waals surface area contributed by atoms with Gasteiger partial charge in [0.1, 0.15) is 6.61 Å². The van der Waals surface area contributed by atoms with E-state index in [1.54, 1.807) is 6.07 Å². The van der Waals surface area contributed by atoms with E-state index in [2.05, 4.69) is 60.6 Å². The standard InChI is InChI=1S/C40H54N2O4/c1-9-45-34(44)37(5)18-17-36(4)19-20-39(7)28(29(36)23-37)22-30(43)33-38(6)15-14-32(35(2,3)31(38)13-16-40(33,39)8)42-46-25-27-12-10-11-26(21-27)24-41/h10-12,21-22,29,31,33H,9,13-20,23,25H2,1-8H3/b42-32+/t29-,31-,33+,36+,37-,38-,39+,40+/m0/s1. The number of nitriles is 1. The fourth-order valence-electron chi connectivity index (χ4n) is 11.6. The van der Waals surface area contributed by atoms with E-state index in [0.29, 0.717) is 30.5 Å². The van der Waals surface area contributed by atoms with Crippen LogP contribution in [0.1, 0.15) is 124 Å². The molecule has 6 nitrogen and oxygen atoms in total. The average Bonchev–Trinajstić information content (AvgIpc) is 3.00. The summed E-state index contributed by atoms with van der Waals surface area (Å²) in [5, 5.41) is 14.0. The van der Waals surface area contributed by atoms with E-state index >= 15 is 0 Å². The first-order valence-corrected chi connectivity index (χ1v) is 17.7. The van der Waals surface area contributed by atoms with Gasteiger partial charge in [-0.1, -0.05) is 64.4 Å². The number of fused-ring (bicyclic) bond motifs is 7. The van der Waals surface area contributed by atoms with Crippen LogP contribution in [0, 0.1) is 61.6 Å². The number of ether oxygens (including phenoxy) is 1. The maximum Gasteiger partial charge on any atom is 0.311 e. The molecule has 248 valence electrons. The van der Waals surface area contributed by atoms with Gasteiger partial charge in [0.05, 0.1) is 29.4 Å². The van der Waals surface area contributed by atoms with Crippen molar-refractivity contribution in [1.82, 2.24) is 0 Å². The molecule has 0 amide bonds. The number of allylic oxidation sites excluding steroid dienone is 2. The Labute approximate surface area is 276 Å². The van der Waals surface area contributed by atoms with Crippen molar-refractivity contribution < 1.29 is 19.2 Å². The van der Waals surface area contributed by atoms with E-state index in [-0.39, 0.29) is 44.9 Å². The summed E-state index contributed by atoms with van der Waals surface area (Å²) >= 11 is 0. The van der Waals surface area contributed by atoms with Gasteiger partial charge in [-0.15, -0.1) is 0 Å². The summed E-state index contributed by atoms with van der Waals surface area (Å²) in [6.07, 6.45) is 10.7. The van der Waals surface area contributed by atoms with Crippen molar-refractivity contribution in [2.24, 2.45) is 55.4 Å². The minimum absolute atomic E-state index is 0.0487.